The number of Topliss-reactive ketones (excluding diaryl/α,β-unsaturated/α-hetero) is 2. The Bertz CT molecular complexity index is 217. The first-order valence-electron chi connectivity index (χ1n) is 3.87. The molecular formula is C7H12N2O3. The Morgan fingerprint density at radius 3 is 2.50 bits per heavy atom. The van der Waals surface area contributed by atoms with Gasteiger partial charge in [0.25, 0.3) is 0 Å². The minimum absolute atomic E-state index is 0.501. The van der Waals surface area contributed by atoms with Crippen molar-refractivity contribution >= 4 is 11.6 Å². The van der Waals surface area contributed by atoms with Crippen molar-refractivity contribution in [1.82, 2.24) is 5.01 Å². The van der Waals surface area contributed by atoms with Crippen molar-refractivity contribution in [2.75, 3.05) is 6.54 Å². The molecule has 1 aliphatic rings. The molecule has 3 N–H and O–H groups in total. The molecule has 0 aliphatic heterocycles. The van der Waals surface area contributed by atoms with Crippen molar-refractivity contribution < 1.29 is 14.7 Å². The van der Waals surface area contributed by atoms with Gasteiger partial charge in [0.1, 0.15) is 12.1 Å². The maximum absolute atomic E-state index is 10.9. The Hall–Kier alpha value is -0.780. The third-order valence-corrected chi connectivity index (χ3v) is 1.92. The lowest BCUT2D eigenvalue weighted by atomic mass is 9.85. The van der Waals surface area contributed by atoms with Crippen LogP contribution in [0.15, 0.2) is 0 Å². The average molecular weight is 172 g/mol. The average Bonchev–Trinajstić information content (AvgIpc) is 2.05. The van der Waals surface area contributed by atoms with Crippen LogP contribution in [0.25, 0.3) is 0 Å². The highest BCUT2D eigenvalue weighted by Crippen LogP contribution is 2.16. The maximum atomic E-state index is 10.9. The number of hydrogen-bond donors (Lipinski definition) is 2. The molecule has 12 heavy (non-hydrogen) atoms. The Morgan fingerprint density at radius 1 is 1.50 bits per heavy atom. The molecule has 1 fully saturated rings. The van der Waals surface area contributed by atoms with Crippen molar-refractivity contribution in [3.63, 3.8) is 0 Å². The van der Waals surface area contributed by atoms with Gasteiger partial charge in [0, 0.05) is 6.54 Å². The van der Waals surface area contributed by atoms with E-state index in [0.29, 0.717) is 6.54 Å². The minimum Gasteiger partial charge on any atom is -0.383 e. The Labute approximate surface area is 70.1 Å². The number of carbonyl (C=O) groups is 2. The molecule has 0 aromatic rings. The van der Waals surface area contributed by atoms with Gasteiger partial charge in [-0.3, -0.25) is 15.4 Å². The zero-order valence-corrected chi connectivity index (χ0v) is 6.86. The van der Waals surface area contributed by atoms with Crippen LogP contribution >= 0.6 is 0 Å². The highest BCUT2D eigenvalue weighted by atomic mass is 16.3. The van der Waals surface area contributed by atoms with Crippen LogP contribution in [-0.2, 0) is 9.59 Å². The van der Waals surface area contributed by atoms with Crippen LogP contribution in [0.5, 0.6) is 0 Å². The standard InChI is InChI=1S/C7H12N2O3/c1-2-3-9(8)4-5(10)7(12)6(4)11/h4-5,10H,2-3,8H2,1H3. The maximum Gasteiger partial charge on any atom is 0.230 e. The van der Waals surface area contributed by atoms with E-state index < -0.39 is 23.7 Å². The van der Waals surface area contributed by atoms with Crippen LogP contribution in [-0.4, -0.2) is 40.4 Å². The molecule has 0 heterocycles. The SMILES string of the molecule is CCCN(N)C1C(=O)C(=O)C1O. The third-order valence-electron chi connectivity index (χ3n) is 1.92. The molecule has 0 saturated heterocycles. The second-order valence-corrected chi connectivity index (χ2v) is 2.86. The number of ketones is 2. The lowest BCUT2D eigenvalue weighted by molar-refractivity contribution is -0.160. The molecule has 0 bridgehead atoms. The number of carbonyl (C=O) groups excluding carboxylic acids is 2. The number of rotatable bonds is 3. The van der Waals surface area contributed by atoms with E-state index in [1.807, 2.05) is 6.92 Å². The fourth-order valence-electron chi connectivity index (χ4n) is 1.21. The molecule has 0 aromatic carbocycles. The van der Waals surface area contributed by atoms with Gasteiger partial charge in [-0.25, -0.2) is 5.01 Å². The number of hydrazine groups is 1. The van der Waals surface area contributed by atoms with Gasteiger partial charge in [0.2, 0.25) is 11.6 Å². The van der Waals surface area contributed by atoms with E-state index in [9.17, 15) is 9.59 Å². The molecule has 5 heteroatoms. The largest absolute Gasteiger partial charge is 0.383 e. The van der Waals surface area contributed by atoms with Crippen molar-refractivity contribution in [1.29, 1.82) is 0 Å². The summed E-state index contributed by atoms with van der Waals surface area (Å²) < 4.78 is 0. The number of nitrogens with zero attached hydrogens (tertiary/aromatic N) is 1. The second-order valence-electron chi connectivity index (χ2n) is 2.86. The summed E-state index contributed by atoms with van der Waals surface area (Å²) in [6.45, 7) is 2.40. The summed E-state index contributed by atoms with van der Waals surface area (Å²) in [4.78, 5) is 21.5. The van der Waals surface area contributed by atoms with E-state index in [1.54, 1.807) is 0 Å². The van der Waals surface area contributed by atoms with E-state index in [1.165, 1.54) is 5.01 Å². The van der Waals surface area contributed by atoms with Crippen LogP contribution in [0.2, 0.25) is 0 Å². The van der Waals surface area contributed by atoms with Gasteiger partial charge >= 0.3 is 0 Å². The summed E-state index contributed by atoms with van der Waals surface area (Å²) in [5.41, 5.74) is 0. The molecule has 0 amide bonds. The topological polar surface area (TPSA) is 83.6 Å². The van der Waals surface area contributed by atoms with E-state index in [-0.39, 0.29) is 0 Å². The molecule has 2 atom stereocenters. The summed E-state index contributed by atoms with van der Waals surface area (Å²) in [5, 5.41) is 10.3. The van der Waals surface area contributed by atoms with Crippen molar-refractivity contribution in [3.05, 3.63) is 0 Å². The lowest BCUT2D eigenvalue weighted by Crippen LogP contribution is -2.67. The first kappa shape index (κ1) is 9.31. The normalized spacial score (nSPS) is 29.3. The van der Waals surface area contributed by atoms with Crippen LogP contribution in [0.1, 0.15) is 13.3 Å². The highest BCUT2D eigenvalue weighted by Gasteiger charge is 2.50. The summed E-state index contributed by atoms with van der Waals surface area (Å²) in [6.07, 6.45) is -0.435. The zero-order chi connectivity index (χ0) is 9.30. The summed E-state index contributed by atoms with van der Waals surface area (Å²) in [7, 11) is 0. The Morgan fingerprint density at radius 2 is 2.08 bits per heavy atom. The lowest BCUT2D eigenvalue weighted by Gasteiger charge is -2.35. The molecule has 0 aromatic heterocycles. The molecule has 1 rings (SSSR count). The predicted molar refractivity (Wildman–Crippen MR) is 41.0 cm³/mol. The molecule has 5 nitrogen and oxygen atoms in total. The van der Waals surface area contributed by atoms with Crippen LogP contribution in [0, 0.1) is 0 Å². The van der Waals surface area contributed by atoms with Gasteiger partial charge in [0.15, 0.2) is 0 Å². The van der Waals surface area contributed by atoms with Gasteiger partial charge in [-0.1, -0.05) is 6.92 Å². The van der Waals surface area contributed by atoms with Gasteiger partial charge < -0.3 is 5.11 Å². The van der Waals surface area contributed by atoms with Gasteiger partial charge in [0.05, 0.1) is 0 Å². The monoisotopic (exact) mass is 172 g/mol. The van der Waals surface area contributed by atoms with Gasteiger partial charge in [-0.2, -0.15) is 0 Å². The molecule has 1 saturated carbocycles. The highest BCUT2D eigenvalue weighted by molar-refractivity contribution is 6.48. The summed E-state index contributed by atoms with van der Waals surface area (Å²) in [5.74, 6) is 4.12. The second kappa shape index (κ2) is 3.30. The molecule has 0 radical (unpaired) electrons. The number of nitrogens with two attached hydrogens (primary N) is 1. The van der Waals surface area contributed by atoms with Crippen molar-refractivity contribution in [3.8, 4) is 0 Å². The molecule has 68 valence electrons. The van der Waals surface area contributed by atoms with Crippen LogP contribution in [0.3, 0.4) is 0 Å². The molecular weight excluding hydrogens is 160 g/mol. The third kappa shape index (κ3) is 1.26. The minimum atomic E-state index is -1.21. The van der Waals surface area contributed by atoms with Crippen molar-refractivity contribution in [2.24, 2.45) is 5.84 Å². The molecule has 1 aliphatic carbocycles. The number of hydrogen-bond acceptors (Lipinski definition) is 5. The van der Waals surface area contributed by atoms with Crippen LogP contribution < -0.4 is 5.84 Å². The number of aliphatic hydroxyl groups is 1. The van der Waals surface area contributed by atoms with E-state index in [2.05, 4.69) is 0 Å². The smallest absolute Gasteiger partial charge is 0.230 e. The van der Waals surface area contributed by atoms with E-state index in [0.717, 1.165) is 6.42 Å². The zero-order valence-electron chi connectivity index (χ0n) is 6.86. The Balaban J connectivity index is 2.54. The fraction of sp³-hybridized carbons (Fsp3) is 0.714. The van der Waals surface area contributed by atoms with Gasteiger partial charge in [-0.05, 0) is 6.42 Å². The summed E-state index contributed by atoms with van der Waals surface area (Å²) >= 11 is 0. The summed E-state index contributed by atoms with van der Waals surface area (Å²) in [6, 6.07) is -0.808. The van der Waals surface area contributed by atoms with Crippen molar-refractivity contribution in [2.45, 2.75) is 25.5 Å². The van der Waals surface area contributed by atoms with Crippen LogP contribution in [0.4, 0.5) is 0 Å². The molecule has 2 unspecified atom stereocenters. The van der Waals surface area contributed by atoms with Gasteiger partial charge in [-0.15, -0.1) is 0 Å². The number of aliphatic hydroxyl groups excluding tert-OH is 1. The first-order chi connectivity index (χ1) is 5.59. The van der Waals surface area contributed by atoms with E-state index in [4.69, 9.17) is 10.9 Å². The predicted octanol–water partition coefficient (Wildman–Crippen LogP) is -1.55. The molecule has 0 spiro atoms. The fourth-order valence-corrected chi connectivity index (χ4v) is 1.21. The Kier molecular flexibility index (Phi) is 2.56. The quantitative estimate of drug-likeness (QED) is 0.306. The van der Waals surface area contributed by atoms with E-state index >= 15 is 0 Å². The first-order valence-corrected chi connectivity index (χ1v) is 3.87.